The lowest BCUT2D eigenvalue weighted by atomic mass is 10.1. The third-order valence-electron chi connectivity index (χ3n) is 2.00. The molecule has 1 rings (SSSR count). The summed E-state index contributed by atoms with van der Waals surface area (Å²) in [7, 11) is 0. The predicted octanol–water partition coefficient (Wildman–Crippen LogP) is 2.74. The fourth-order valence-corrected chi connectivity index (χ4v) is 2.41. The van der Waals surface area contributed by atoms with E-state index in [9.17, 15) is 5.11 Å². The first-order valence-corrected chi connectivity index (χ1v) is 6.70. The van der Waals surface area contributed by atoms with E-state index in [-0.39, 0.29) is 0 Å². The van der Waals surface area contributed by atoms with E-state index < -0.39 is 6.10 Å². The maximum atomic E-state index is 9.94. The molecular formula is C11H17ClN2OS. The molecule has 1 aromatic heterocycles. The Bertz CT molecular complexity index is 347. The van der Waals surface area contributed by atoms with Crippen molar-refractivity contribution < 1.29 is 5.11 Å². The Kier molecular flexibility index (Phi) is 5.38. The van der Waals surface area contributed by atoms with Gasteiger partial charge in [-0.2, -0.15) is 11.8 Å². The largest absolute Gasteiger partial charge is 0.387 e. The van der Waals surface area contributed by atoms with Crippen LogP contribution < -0.4 is 5.73 Å². The average Bonchev–Trinajstić information content (AvgIpc) is 2.21. The summed E-state index contributed by atoms with van der Waals surface area (Å²) in [6.45, 7) is 4.30. The zero-order valence-corrected chi connectivity index (χ0v) is 11.1. The number of rotatable bonds is 5. The number of aromatic nitrogens is 1. The standard InChI is InChI=1S/C11H17ClN2OS/c1-7(2)5-16-6-10(15)9-3-8(12)4-14-11(9)13/h3-4,7,10,15H,5-6H2,1-2H3,(H2,13,14). The Morgan fingerprint density at radius 2 is 2.19 bits per heavy atom. The van der Waals surface area contributed by atoms with Gasteiger partial charge in [0.1, 0.15) is 5.82 Å². The first kappa shape index (κ1) is 13.6. The molecule has 0 amide bonds. The molecule has 90 valence electrons. The zero-order chi connectivity index (χ0) is 12.1. The molecule has 1 atom stereocenters. The number of hydrogen-bond donors (Lipinski definition) is 2. The van der Waals surface area contributed by atoms with Crippen LogP contribution in [0.1, 0.15) is 25.5 Å². The van der Waals surface area contributed by atoms with E-state index in [4.69, 9.17) is 17.3 Å². The van der Waals surface area contributed by atoms with E-state index in [0.29, 0.717) is 28.1 Å². The number of nitrogens with zero attached hydrogens (tertiary/aromatic N) is 1. The SMILES string of the molecule is CC(C)CSCC(O)c1cc(Cl)cnc1N. The van der Waals surface area contributed by atoms with Crippen molar-refractivity contribution in [3.05, 3.63) is 22.8 Å². The lowest BCUT2D eigenvalue weighted by Crippen LogP contribution is -2.07. The van der Waals surface area contributed by atoms with Crippen LogP contribution in [-0.4, -0.2) is 21.6 Å². The van der Waals surface area contributed by atoms with Gasteiger partial charge in [-0.25, -0.2) is 4.98 Å². The zero-order valence-electron chi connectivity index (χ0n) is 9.48. The summed E-state index contributed by atoms with van der Waals surface area (Å²) >= 11 is 7.51. The third kappa shape index (κ3) is 4.20. The third-order valence-corrected chi connectivity index (χ3v) is 3.66. The van der Waals surface area contributed by atoms with Crippen molar-refractivity contribution in [3.8, 4) is 0 Å². The maximum absolute atomic E-state index is 9.94. The number of aliphatic hydroxyl groups is 1. The van der Waals surface area contributed by atoms with Crippen molar-refractivity contribution in [3.63, 3.8) is 0 Å². The molecule has 1 aromatic rings. The number of nitrogens with two attached hydrogens (primary N) is 1. The van der Waals surface area contributed by atoms with Gasteiger partial charge in [-0.15, -0.1) is 0 Å². The molecule has 0 saturated carbocycles. The number of halogens is 1. The molecule has 0 bridgehead atoms. The minimum absolute atomic E-state index is 0.349. The summed E-state index contributed by atoms with van der Waals surface area (Å²) < 4.78 is 0. The number of pyridine rings is 1. The highest BCUT2D eigenvalue weighted by Gasteiger charge is 2.12. The Morgan fingerprint density at radius 1 is 1.50 bits per heavy atom. The van der Waals surface area contributed by atoms with Gasteiger partial charge < -0.3 is 10.8 Å². The summed E-state index contributed by atoms with van der Waals surface area (Å²) in [5.41, 5.74) is 6.30. The highest BCUT2D eigenvalue weighted by atomic mass is 35.5. The molecule has 1 heterocycles. The molecule has 0 saturated heterocycles. The second kappa shape index (κ2) is 6.33. The van der Waals surface area contributed by atoms with Crippen LogP contribution in [0.25, 0.3) is 0 Å². The van der Waals surface area contributed by atoms with Crippen molar-refractivity contribution >= 4 is 29.2 Å². The van der Waals surface area contributed by atoms with E-state index in [1.807, 2.05) is 0 Å². The first-order chi connectivity index (χ1) is 7.50. The van der Waals surface area contributed by atoms with Crippen LogP contribution in [-0.2, 0) is 0 Å². The van der Waals surface area contributed by atoms with Gasteiger partial charge >= 0.3 is 0 Å². The molecule has 16 heavy (non-hydrogen) atoms. The van der Waals surface area contributed by atoms with E-state index in [1.54, 1.807) is 17.8 Å². The monoisotopic (exact) mass is 260 g/mol. The lowest BCUT2D eigenvalue weighted by Gasteiger charge is -2.13. The molecule has 0 radical (unpaired) electrons. The number of nitrogen functional groups attached to an aromatic ring is 1. The fourth-order valence-electron chi connectivity index (χ4n) is 1.24. The Morgan fingerprint density at radius 3 is 2.81 bits per heavy atom. The minimum Gasteiger partial charge on any atom is -0.387 e. The molecular weight excluding hydrogens is 244 g/mol. The van der Waals surface area contributed by atoms with Gasteiger partial charge in [0.05, 0.1) is 11.1 Å². The van der Waals surface area contributed by atoms with Crippen LogP contribution in [0.4, 0.5) is 5.82 Å². The molecule has 0 spiro atoms. The molecule has 0 aromatic carbocycles. The molecule has 0 fully saturated rings. The second-order valence-corrected chi connectivity index (χ2v) is 5.59. The number of hydrogen-bond acceptors (Lipinski definition) is 4. The highest BCUT2D eigenvalue weighted by molar-refractivity contribution is 7.99. The second-order valence-electron chi connectivity index (χ2n) is 4.08. The lowest BCUT2D eigenvalue weighted by molar-refractivity contribution is 0.204. The van der Waals surface area contributed by atoms with E-state index in [0.717, 1.165) is 5.75 Å². The Hall–Kier alpha value is -0.450. The van der Waals surface area contributed by atoms with Crippen molar-refractivity contribution in [1.82, 2.24) is 4.98 Å². The van der Waals surface area contributed by atoms with Crippen molar-refractivity contribution in [2.45, 2.75) is 20.0 Å². The van der Waals surface area contributed by atoms with Gasteiger partial charge in [0.25, 0.3) is 0 Å². The maximum Gasteiger partial charge on any atom is 0.129 e. The van der Waals surface area contributed by atoms with Crippen molar-refractivity contribution in [2.75, 3.05) is 17.2 Å². The quantitative estimate of drug-likeness (QED) is 0.855. The van der Waals surface area contributed by atoms with Gasteiger partial charge in [-0.05, 0) is 17.7 Å². The number of anilines is 1. The summed E-state index contributed by atoms with van der Waals surface area (Å²) in [6.07, 6.45) is 0.879. The summed E-state index contributed by atoms with van der Waals surface area (Å²) in [6, 6.07) is 1.67. The van der Waals surface area contributed by atoms with Crippen LogP contribution in [0.3, 0.4) is 0 Å². The molecule has 1 unspecified atom stereocenters. The summed E-state index contributed by atoms with van der Waals surface area (Å²) in [4.78, 5) is 3.92. The summed E-state index contributed by atoms with van der Waals surface area (Å²) in [5.74, 6) is 2.60. The van der Waals surface area contributed by atoms with E-state index >= 15 is 0 Å². The average molecular weight is 261 g/mol. The first-order valence-electron chi connectivity index (χ1n) is 5.17. The van der Waals surface area contributed by atoms with Gasteiger partial charge in [0.2, 0.25) is 0 Å². The van der Waals surface area contributed by atoms with Crippen LogP contribution in [0.2, 0.25) is 5.02 Å². The van der Waals surface area contributed by atoms with E-state index in [2.05, 4.69) is 18.8 Å². The van der Waals surface area contributed by atoms with Crippen LogP contribution in [0, 0.1) is 5.92 Å². The molecule has 5 heteroatoms. The predicted molar refractivity (Wildman–Crippen MR) is 70.8 cm³/mol. The fraction of sp³-hybridized carbons (Fsp3) is 0.545. The normalized spacial score (nSPS) is 13.1. The number of thioether (sulfide) groups is 1. The topological polar surface area (TPSA) is 59.1 Å². The van der Waals surface area contributed by atoms with Crippen LogP contribution in [0.15, 0.2) is 12.3 Å². The van der Waals surface area contributed by atoms with E-state index in [1.165, 1.54) is 6.20 Å². The molecule has 0 aliphatic carbocycles. The molecule has 3 N–H and O–H groups in total. The van der Waals surface area contributed by atoms with Crippen LogP contribution in [0.5, 0.6) is 0 Å². The molecule has 3 nitrogen and oxygen atoms in total. The van der Waals surface area contributed by atoms with Gasteiger partial charge in [-0.3, -0.25) is 0 Å². The molecule has 0 aliphatic rings. The van der Waals surface area contributed by atoms with Gasteiger partial charge in [-0.1, -0.05) is 25.4 Å². The number of aliphatic hydroxyl groups excluding tert-OH is 1. The van der Waals surface area contributed by atoms with Crippen molar-refractivity contribution in [1.29, 1.82) is 0 Å². The van der Waals surface area contributed by atoms with Gasteiger partial charge in [0.15, 0.2) is 0 Å². The van der Waals surface area contributed by atoms with Crippen LogP contribution >= 0.6 is 23.4 Å². The van der Waals surface area contributed by atoms with Gasteiger partial charge in [0, 0.05) is 17.5 Å². The highest BCUT2D eigenvalue weighted by Crippen LogP contribution is 2.25. The van der Waals surface area contributed by atoms with Crippen molar-refractivity contribution in [2.24, 2.45) is 5.92 Å². The summed E-state index contributed by atoms with van der Waals surface area (Å²) in [5, 5.41) is 10.4. The smallest absolute Gasteiger partial charge is 0.129 e. The Labute approximate surface area is 105 Å². The minimum atomic E-state index is -0.602. The molecule has 0 aliphatic heterocycles. The Balaban J connectivity index is 2.58.